The van der Waals surface area contributed by atoms with Crippen LogP contribution in [0.1, 0.15) is 44.5 Å². The van der Waals surface area contributed by atoms with Crippen molar-refractivity contribution in [2.75, 3.05) is 20.1 Å². The molecule has 4 nitrogen and oxygen atoms in total. The predicted octanol–water partition coefficient (Wildman–Crippen LogP) is 3.66. The largest absolute Gasteiger partial charge is 0.444 e. The summed E-state index contributed by atoms with van der Waals surface area (Å²) in [4.78, 5) is 14.9. The molecule has 1 fully saturated rings. The number of thiophene rings is 1. The van der Waals surface area contributed by atoms with Crippen molar-refractivity contribution >= 4 is 17.4 Å². The Bertz CT molecular complexity index is 449. The summed E-state index contributed by atoms with van der Waals surface area (Å²) in [7, 11) is 1.78. The molecule has 21 heavy (non-hydrogen) atoms. The molecule has 1 amide bonds. The normalized spacial score (nSPS) is 16.6. The minimum Gasteiger partial charge on any atom is -0.444 e. The van der Waals surface area contributed by atoms with Crippen molar-refractivity contribution in [2.24, 2.45) is 5.92 Å². The van der Waals surface area contributed by atoms with Crippen LogP contribution in [0.3, 0.4) is 0 Å². The second kappa shape index (κ2) is 6.79. The molecule has 0 bridgehead atoms. The Kier molecular flexibility index (Phi) is 5.27. The fourth-order valence-electron chi connectivity index (χ4n) is 2.22. The SMILES string of the molecule is CN(CCNC(c1cccs1)C1CC1)C(=O)OC(C)(C)C. The Morgan fingerprint density at radius 1 is 1.52 bits per heavy atom. The van der Waals surface area contributed by atoms with E-state index < -0.39 is 5.60 Å². The van der Waals surface area contributed by atoms with Crippen LogP contribution in [-0.2, 0) is 4.74 Å². The molecule has 1 aromatic rings. The highest BCUT2D eigenvalue weighted by atomic mass is 32.1. The first kappa shape index (κ1) is 16.3. The third kappa shape index (κ3) is 5.32. The molecule has 1 aliphatic rings. The molecule has 0 saturated heterocycles. The monoisotopic (exact) mass is 310 g/mol. The lowest BCUT2D eigenvalue weighted by atomic mass is 10.1. The number of amides is 1. The van der Waals surface area contributed by atoms with Crippen molar-refractivity contribution in [3.8, 4) is 0 Å². The molecule has 1 N–H and O–H groups in total. The molecule has 1 heterocycles. The highest BCUT2D eigenvalue weighted by molar-refractivity contribution is 7.10. The van der Waals surface area contributed by atoms with Crippen LogP contribution in [0.5, 0.6) is 0 Å². The zero-order valence-corrected chi connectivity index (χ0v) is 14.2. The van der Waals surface area contributed by atoms with Crippen molar-refractivity contribution in [1.82, 2.24) is 10.2 Å². The first-order valence-corrected chi connectivity index (χ1v) is 8.45. The van der Waals surface area contributed by atoms with Gasteiger partial charge < -0.3 is 15.0 Å². The van der Waals surface area contributed by atoms with Gasteiger partial charge in [-0.3, -0.25) is 0 Å². The molecule has 0 aromatic carbocycles. The van der Waals surface area contributed by atoms with Gasteiger partial charge in [0, 0.05) is 31.1 Å². The van der Waals surface area contributed by atoms with Gasteiger partial charge in [0.2, 0.25) is 0 Å². The number of hydrogen-bond donors (Lipinski definition) is 1. The number of rotatable bonds is 6. The zero-order valence-electron chi connectivity index (χ0n) is 13.4. The molecular weight excluding hydrogens is 284 g/mol. The van der Waals surface area contributed by atoms with Gasteiger partial charge >= 0.3 is 6.09 Å². The third-order valence-electron chi connectivity index (χ3n) is 3.46. The number of carbonyl (C=O) groups excluding carboxylic acids is 1. The van der Waals surface area contributed by atoms with Crippen LogP contribution in [0, 0.1) is 5.92 Å². The van der Waals surface area contributed by atoms with Crippen molar-refractivity contribution in [3.05, 3.63) is 22.4 Å². The summed E-state index contributed by atoms with van der Waals surface area (Å²) >= 11 is 1.80. The van der Waals surface area contributed by atoms with Crippen molar-refractivity contribution in [3.63, 3.8) is 0 Å². The Labute approximate surface area is 131 Å². The van der Waals surface area contributed by atoms with Gasteiger partial charge in [-0.25, -0.2) is 4.79 Å². The van der Waals surface area contributed by atoms with Crippen LogP contribution in [-0.4, -0.2) is 36.7 Å². The van der Waals surface area contributed by atoms with Crippen LogP contribution in [0.4, 0.5) is 4.79 Å². The van der Waals surface area contributed by atoms with E-state index in [-0.39, 0.29) is 6.09 Å². The van der Waals surface area contributed by atoms with Crippen molar-refractivity contribution in [1.29, 1.82) is 0 Å². The van der Waals surface area contributed by atoms with Crippen LogP contribution >= 0.6 is 11.3 Å². The fourth-order valence-corrected chi connectivity index (χ4v) is 3.11. The van der Waals surface area contributed by atoms with Crippen LogP contribution in [0.25, 0.3) is 0 Å². The lowest BCUT2D eigenvalue weighted by Crippen LogP contribution is -2.38. The standard InChI is InChI=1S/C16H26N2O2S/c1-16(2,3)20-15(19)18(4)10-9-17-14(12-7-8-12)13-6-5-11-21-13/h5-6,11-12,14,17H,7-10H2,1-4H3. The van der Waals surface area contributed by atoms with E-state index in [0.29, 0.717) is 12.6 Å². The summed E-state index contributed by atoms with van der Waals surface area (Å²) in [6.45, 7) is 7.10. The summed E-state index contributed by atoms with van der Waals surface area (Å²) < 4.78 is 5.35. The Hall–Kier alpha value is -1.07. The summed E-state index contributed by atoms with van der Waals surface area (Å²) in [5, 5.41) is 5.72. The second-order valence-corrected chi connectivity index (χ2v) is 7.67. The number of carbonyl (C=O) groups is 1. The molecule has 2 rings (SSSR count). The molecule has 1 saturated carbocycles. The van der Waals surface area contributed by atoms with E-state index in [1.54, 1.807) is 23.3 Å². The minimum absolute atomic E-state index is 0.261. The molecule has 1 aliphatic carbocycles. The van der Waals surface area contributed by atoms with Gasteiger partial charge in [0.1, 0.15) is 5.60 Å². The van der Waals surface area contributed by atoms with Gasteiger partial charge in [0.25, 0.3) is 0 Å². The Balaban J connectivity index is 1.76. The smallest absolute Gasteiger partial charge is 0.410 e. The maximum Gasteiger partial charge on any atom is 0.410 e. The quantitative estimate of drug-likeness (QED) is 0.872. The first-order valence-electron chi connectivity index (χ1n) is 7.58. The van der Waals surface area contributed by atoms with E-state index in [9.17, 15) is 4.79 Å². The Morgan fingerprint density at radius 2 is 2.24 bits per heavy atom. The molecule has 1 aromatic heterocycles. The molecule has 1 atom stereocenters. The van der Waals surface area contributed by atoms with Gasteiger partial charge in [-0.2, -0.15) is 0 Å². The second-order valence-electron chi connectivity index (χ2n) is 6.69. The van der Waals surface area contributed by atoms with E-state index in [2.05, 4.69) is 22.8 Å². The highest BCUT2D eigenvalue weighted by Crippen LogP contribution is 2.42. The lowest BCUT2D eigenvalue weighted by Gasteiger charge is -2.25. The van der Waals surface area contributed by atoms with Crippen LogP contribution in [0.15, 0.2) is 17.5 Å². The minimum atomic E-state index is -0.438. The van der Waals surface area contributed by atoms with E-state index >= 15 is 0 Å². The average molecular weight is 310 g/mol. The van der Waals surface area contributed by atoms with Crippen molar-refractivity contribution < 1.29 is 9.53 Å². The van der Waals surface area contributed by atoms with E-state index in [1.165, 1.54) is 17.7 Å². The average Bonchev–Trinajstić information content (AvgIpc) is 3.07. The van der Waals surface area contributed by atoms with E-state index in [0.717, 1.165) is 12.5 Å². The van der Waals surface area contributed by atoms with Gasteiger partial charge in [-0.15, -0.1) is 11.3 Å². The zero-order chi connectivity index (χ0) is 15.5. The summed E-state index contributed by atoms with van der Waals surface area (Å²) in [5.41, 5.74) is -0.438. The molecule has 0 spiro atoms. The molecule has 0 radical (unpaired) electrons. The van der Waals surface area contributed by atoms with Gasteiger partial charge in [0.05, 0.1) is 0 Å². The Morgan fingerprint density at radius 3 is 2.76 bits per heavy atom. The molecule has 118 valence electrons. The number of nitrogens with zero attached hydrogens (tertiary/aromatic N) is 1. The maximum atomic E-state index is 11.9. The number of hydrogen-bond acceptors (Lipinski definition) is 4. The fraction of sp³-hybridized carbons (Fsp3) is 0.688. The summed E-state index contributed by atoms with van der Waals surface area (Å²) in [6, 6.07) is 4.74. The lowest BCUT2D eigenvalue weighted by molar-refractivity contribution is 0.0299. The topological polar surface area (TPSA) is 41.6 Å². The van der Waals surface area contributed by atoms with Gasteiger partial charge in [-0.1, -0.05) is 6.07 Å². The predicted molar refractivity (Wildman–Crippen MR) is 86.7 cm³/mol. The number of nitrogens with one attached hydrogen (secondary N) is 1. The highest BCUT2D eigenvalue weighted by Gasteiger charge is 2.32. The molecular formula is C16H26N2O2S. The molecule has 1 unspecified atom stereocenters. The molecule has 5 heteroatoms. The van der Waals surface area contributed by atoms with Crippen molar-refractivity contribution in [2.45, 2.75) is 45.3 Å². The van der Waals surface area contributed by atoms with Crippen LogP contribution < -0.4 is 5.32 Å². The maximum absolute atomic E-state index is 11.9. The third-order valence-corrected chi connectivity index (χ3v) is 4.42. The summed E-state index contributed by atoms with van der Waals surface area (Å²) in [5.74, 6) is 0.760. The number of ether oxygens (including phenoxy) is 1. The van der Waals surface area contributed by atoms with Gasteiger partial charge in [-0.05, 0) is 51.0 Å². The first-order chi connectivity index (χ1) is 9.87. The molecule has 0 aliphatic heterocycles. The number of likely N-dealkylation sites (N-methyl/N-ethyl adjacent to an activating group) is 1. The van der Waals surface area contributed by atoms with E-state index in [1.807, 2.05) is 20.8 Å². The van der Waals surface area contributed by atoms with E-state index in [4.69, 9.17) is 4.74 Å². The van der Waals surface area contributed by atoms with Crippen LogP contribution in [0.2, 0.25) is 0 Å². The summed E-state index contributed by atoms with van der Waals surface area (Å²) in [6.07, 6.45) is 2.35. The van der Waals surface area contributed by atoms with Gasteiger partial charge in [0.15, 0.2) is 0 Å².